The number of benzene rings is 2. The monoisotopic (exact) mass is 239 g/mol. The van der Waals surface area contributed by atoms with E-state index in [4.69, 9.17) is 0 Å². The average molecular weight is 239 g/mol. The topological polar surface area (TPSA) is 29.1 Å². The van der Waals surface area contributed by atoms with Crippen molar-refractivity contribution in [3.05, 3.63) is 53.6 Å². The number of rotatable bonds is 2. The summed E-state index contributed by atoms with van der Waals surface area (Å²) in [5.41, 5.74) is 3.73. The van der Waals surface area contributed by atoms with E-state index in [0.29, 0.717) is 5.57 Å². The molecule has 2 aromatic rings. The van der Waals surface area contributed by atoms with Gasteiger partial charge in [-0.05, 0) is 43.4 Å². The quantitative estimate of drug-likeness (QED) is 0.789. The minimum absolute atomic E-state index is 0.136. The van der Waals surface area contributed by atoms with Crippen LogP contribution in [0.15, 0.2) is 42.5 Å². The predicted octanol–water partition coefficient (Wildman–Crippen LogP) is 3.97. The van der Waals surface area contributed by atoms with Gasteiger partial charge in [0.2, 0.25) is 0 Å². The molecule has 2 rings (SSSR count). The van der Waals surface area contributed by atoms with Crippen LogP contribution in [0.5, 0.6) is 0 Å². The zero-order chi connectivity index (χ0) is 13.3. The molecule has 0 radical (unpaired) electrons. The fourth-order valence-electron chi connectivity index (χ4n) is 2.06. The smallest absolute Gasteiger partial charge is 0.250 e. The molecule has 0 spiro atoms. The van der Waals surface area contributed by atoms with E-state index in [1.54, 1.807) is 6.92 Å². The lowest BCUT2D eigenvalue weighted by Crippen LogP contribution is -2.12. The Morgan fingerprint density at radius 1 is 1.11 bits per heavy atom. The standard InChI is InChI=1S/C16H17NO/c1-10(2)16(18)17-14-7-5-6-13-11(3)8-9-12(4)15(13)14/h5-9H,1H2,2-4H3,(H,17,18). The lowest BCUT2D eigenvalue weighted by molar-refractivity contribution is -0.112. The lowest BCUT2D eigenvalue weighted by Gasteiger charge is -2.12. The van der Waals surface area contributed by atoms with Crippen LogP contribution in [0, 0.1) is 13.8 Å². The molecule has 0 aliphatic carbocycles. The fraction of sp³-hybridized carbons (Fsp3) is 0.188. The summed E-state index contributed by atoms with van der Waals surface area (Å²) in [6.07, 6.45) is 0. The van der Waals surface area contributed by atoms with Crippen LogP contribution in [0.1, 0.15) is 18.1 Å². The fourth-order valence-corrected chi connectivity index (χ4v) is 2.06. The van der Waals surface area contributed by atoms with Gasteiger partial charge in [-0.2, -0.15) is 0 Å². The molecular weight excluding hydrogens is 222 g/mol. The number of hydrogen-bond acceptors (Lipinski definition) is 1. The largest absolute Gasteiger partial charge is 0.322 e. The SMILES string of the molecule is C=C(C)C(=O)Nc1cccc2c(C)ccc(C)c12. The van der Waals surface area contributed by atoms with Crippen molar-refractivity contribution in [3.8, 4) is 0 Å². The number of fused-ring (bicyclic) bond motifs is 1. The lowest BCUT2D eigenvalue weighted by atomic mass is 9.99. The molecule has 0 saturated carbocycles. The van der Waals surface area contributed by atoms with Gasteiger partial charge >= 0.3 is 0 Å². The summed E-state index contributed by atoms with van der Waals surface area (Å²) in [6, 6.07) is 10.1. The Balaban J connectivity index is 2.61. The molecule has 0 atom stereocenters. The molecule has 18 heavy (non-hydrogen) atoms. The number of hydrogen-bond donors (Lipinski definition) is 1. The summed E-state index contributed by atoms with van der Waals surface area (Å²) >= 11 is 0. The summed E-state index contributed by atoms with van der Waals surface area (Å²) in [5, 5.41) is 5.19. The van der Waals surface area contributed by atoms with E-state index in [9.17, 15) is 4.79 Å². The highest BCUT2D eigenvalue weighted by Gasteiger charge is 2.09. The maximum atomic E-state index is 11.7. The van der Waals surface area contributed by atoms with Crippen LogP contribution in [-0.2, 0) is 4.79 Å². The van der Waals surface area contributed by atoms with Crippen molar-refractivity contribution in [2.24, 2.45) is 0 Å². The molecule has 0 saturated heterocycles. The molecule has 2 aromatic carbocycles. The van der Waals surface area contributed by atoms with E-state index in [1.807, 2.05) is 12.1 Å². The van der Waals surface area contributed by atoms with Gasteiger partial charge in [-0.1, -0.05) is 30.8 Å². The number of nitrogens with one attached hydrogen (secondary N) is 1. The molecule has 0 bridgehead atoms. The van der Waals surface area contributed by atoms with Crippen molar-refractivity contribution in [3.63, 3.8) is 0 Å². The number of carbonyl (C=O) groups excluding carboxylic acids is 1. The molecular formula is C16H17NO. The summed E-state index contributed by atoms with van der Waals surface area (Å²) in [5.74, 6) is -0.136. The van der Waals surface area contributed by atoms with Crippen LogP contribution in [-0.4, -0.2) is 5.91 Å². The highest BCUT2D eigenvalue weighted by atomic mass is 16.1. The first-order valence-electron chi connectivity index (χ1n) is 5.96. The van der Waals surface area contributed by atoms with Crippen molar-refractivity contribution < 1.29 is 4.79 Å². The molecule has 0 unspecified atom stereocenters. The third kappa shape index (κ3) is 2.14. The van der Waals surface area contributed by atoms with E-state index < -0.39 is 0 Å². The summed E-state index contributed by atoms with van der Waals surface area (Å²) in [6.45, 7) is 9.50. The maximum Gasteiger partial charge on any atom is 0.250 e. The zero-order valence-corrected chi connectivity index (χ0v) is 11.0. The summed E-state index contributed by atoms with van der Waals surface area (Å²) in [7, 11) is 0. The second kappa shape index (κ2) is 4.65. The number of anilines is 1. The van der Waals surface area contributed by atoms with Gasteiger partial charge in [-0.3, -0.25) is 4.79 Å². The Hall–Kier alpha value is -2.09. The molecule has 2 heteroatoms. The maximum absolute atomic E-state index is 11.7. The highest BCUT2D eigenvalue weighted by molar-refractivity contribution is 6.09. The molecule has 0 heterocycles. The zero-order valence-electron chi connectivity index (χ0n) is 11.0. The Kier molecular flexibility index (Phi) is 3.19. The Labute approximate surface area is 107 Å². The highest BCUT2D eigenvalue weighted by Crippen LogP contribution is 2.29. The molecule has 1 amide bonds. The van der Waals surface area contributed by atoms with Gasteiger partial charge in [0.1, 0.15) is 0 Å². The second-order valence-electron chi connectivity index (χ2n) is 4.66. The minimum Gasteiger partial charge on any atom is -0.322 e. The van der Waals surface area contributed by atoms with E-state index in [1.165, 1.54) is 10.9 Å². The summed E-state index contributed by atoms with van der Waals surface area (Å²) < 4.78 is 0. The van der Waals surface area contributed by atoms with Gasteiger partial charge in [-0.15, -0.1) is 0 Å². The molecule has 92 valence electrons. The first-order chi connectivity index (χ1) is 8.50. The van der Waals surface area contributed by atoms with Gasteiger partial charge < -0.3 is 5.32 Å². The first kappa shape index (κ1) is 12.4. The third-order valence-corrected chi connectivity index (χ3v) is 3.10. The van der Waals surface area contributed by atoms with Crippen molar-refractivity contribution in [2.75, 3.05) is 5.32 Å². The van der Waals surface area contributed by atoms with Crippen LogP contribution in [0.2, 0.25) is 0 Å². The molecule has 1 N–H and O–H groups in total. The summed E-state index contributed by atoms with van der Waals surface area (Å²) in [4.78, 5) is 11.7. The van der Waals surface area contributed by atoms with Crippen molar-refractivity contribution in [1.29, 1.82) is 0 Å². The van der Waals surface area contributed by atoms with Gasteiger partial charge in [0.25, 0.3) is 5.91 Å². The Bertz CT molecular complexity index is 641. The van der Waals surface area contributed by atoms with Gasteiger partial charge in [0.05, 0.1) is 0 Å². The third-order valence-electron chi connectivity index (χ3n) is 3.10. The Morgan fingerprint density at radius 3 is 2.44 bits per heavy atom. The molecule has 0 aliphatic rings. The minimum atomic E-state index is -0.136. The van der Waals surface area contributed by atoms with Gasteiger partial charge in [0, 0.05) is 16.6 Å². The van der Waals surface area contributed by atoms with Gasteiger partial charge in [-0.25, -0.2) is 0 Å². The van der Waals surface area contributed by atoms with Crippen molar-refractivity contribution in [1.82, 2.24) is 0 Å². The second-order valence-corrected chi connectivity index (χ2v) is 4.66. The molecule has 2 nitrogen and oxygen atoms in total. The van der Waals surface area contributed by atoms with E-state index >= 15 is 0 Å². The van der Waals surface area contributed by atoms with Crippen molar-refractivity contribution in [2.45, 2.75) is 20.8 Å². The van der Waals surface area contributed by atoms with Crippen LogP contribution in [0.25, 0.3) is 10.8 Å². The Morgan fingerprint density at radius 2 is 1.78 bits per heavy atom. The predicted molar refractivity (Wildman–Crippen MR) is 76.9 cm³/mol. The van der Waals surface area contributed by atoms with E-state index in [0.717, 1.165) is 16.6 Å². The van der Waals surface area contributed by atoms with Crippen LogP contribution < -0.4 is 5.32 Å². The van der Waals surface area contributed by atoms with Crippen LogP contribution in [0.4, 0.5) is 5.69 Å². The average Bonchev–Trinajstić information content (AvgIpc) is 2.34. The number of aryl methyl sites for hydroxylation is 2. The normalized spacial score (nSPS) is 10.4. The number of carbonyl (C=O) groups is 1. The molecule has 0 fully saturated rings. The van der Waals surface area contributed by atoms with E-state index in [2.05, 4.69) is 43.9 Å². The first-order valence-corrected chi connectivity index (χ1v) is 5.96. The van der Waals surface area contributed by atoms with Crippen molar-refractivity contribution >= 4 is 22.4 Å². The molecule has 0 aliphatic heterocycles. The van der Waals surface area contributed by atoms with Crippen LogP contribution >= 0.6 is 0 Å². The van der Waals surface area contributed by atoms with E-state index in [-0.39, 0.29) is 5.91 Å². The molecule has 0 aromatic heterocycles. The van der Waals surface area contributed by atoms with Crippen LogP contribution in [0.3, 0.4) is 0 Å². The van der Waals surface area contributed by atoms with Gasteiger partial charge in [0.15, 0.2) is 0 Å². The number of amides is 1.